The lowest BCUT2D eigenvalue weighted by molar-refractivity contribution is -0.151. The molecule has 7 heteroatoms. The largest absolute Gasteiger partial charge is 0.466 e. The van der Waals surface area contributed by atoms with Gasteiger partial charge in [0.1, 0.15) is 11.6 Å². The van der Waals surface area contributed by atoms with Gasteiger partial charge in [-0.05, 0) is 49.6 Å². The summed E-state index contributed by atoms with van der Waals surface area (Å²) >= 11 is 0. The molecule has 0 spiro atoms. The van der Waals surface area contributed by atoms with Gasteiger partial charge in [-0.3, -0.25) is 9.59 Å². The molecule has 0 radical (unpaired) electrons. The van der Waals surface area contributed by atoms with Crippen LogP contribution in [0.1, 0.15) is 37.6 Å². The molecule has 2 heterocycles. The van der Waals surface area contributed by atoms with Gasteiger partial charge in [-0.1, -0.05) is 24.3 Å². The van der Waals surface area contributed by atoms with Gasteiger partial charge in [-0.2, -0.15) is 0 Å². The third-order valence-corrected chi connectivity index (χ3v) is 5.95. The van der Waals surface area contributed by atoms with E-state index < -0.39 is 0 Å². The molecular formula is C25H28FN3O3. The number of piperidine rings is 1. The molecule has 1 amide bonds. The quantitative estimate of drug-likeness (QED) is 0.525. The fourth-order valence-electron chi connectivity index (χ4n) is 4.32. The van der Waals surface area contributed by atoms with Crippen LogP contribution in [0.3, 0.4) is 0 Å². The van der Waals surface area contributed by atoms with Gasteiger partial charge in [0.25, 0.3) is 0 Å². The van der Waals surface area contributed by atoms with Crippen molar-refractivity contribution in [3.05, 3.63) is 65.7 Å². The zero-order valence-corrected chi connectivity index (χ0v) is 18.3. The number of aryl methyl sites for hydroxylation is 1. The van der Waals surface area contributed by atoms with E-state index in [2.05, 4.69) is 4.57 Å². The maximum absolute atomic E-state index is 13.3. The number of rotatable bonds is 7. The maximum atomic E-state index is 13.3. The number of amides is 1. The predicted molar refractivity (Wildman–Crippen MR) is 119 cm³/mol. The number of hydrogen-bond donors (Lipinski definition) is 0. The summed E-state index contributed by atoms with van der Waals surface area (Å²) in [6.45, 7) is 3.74. The van der Waals surface area contributed by atoms with Gasteiger partial charge < -0.3 is 14.2 Å². The Balaban J connectivity index is 1.48. The van der Waals surface area contributed by atoms with Crippen LogP contribution in [0.4, 0.5) is 4.39 Å². The Hall–Kier alpha value is -3.22. The number of carbonyl (C=O) groups is 2. The van der Waals surface area contributed by atoms with Crippen LogP contribution in [0.15, 0.2) is 48.5 Å². The number of para-hydroxylation sites is 2. The van der Waals surface area contributed by atoms with E-state index in [0.717, 1.165) is 35.3 Å². The van der Waals surface area contributed by atoms with Crippen molar-refractivity contribution in [1.82, 2.24) is 14.5 Å². The summed E-state index contributed by atoms with van der Waals surface area (Å²) in [7, 11) is 0. The van der Waals surface area contributed by atoms with Crippen molar-refractivity contribution in [3.63, 3.8) is 0 Å². The van der Waals surface area contributed by atoms with E-state index in [9.17, 15) is 14.0 Å². The van der Waals surface area contributed by atoms with Gasteiger partial charge in [0.2, 0.25) is 5.91 Å². The number of hydrogen-bond acceptors (Lipinski definition) is 4. The number of nitrogens with zero attached hydrogens (tertiary/aromatic N) is 3. The fourth-order valence-corrected chi connectivity index (χ4v) is 4.32. The minimum atomic E-state index is -0.268. The lowest BCUT2D eigenvalue weighted by atomic mass is 9.98. The van der Waals surface area contributed by atoms with Crippen LogP contribution in [0, 0.1) is 11.7 Å². The van der Waals surface area contributed by atoms with Crippen molar-refractivity contribution >= 4 is 22.9 Å². The topological polar surface area (TPSA) is 64.4 Å². The van der Waals surface area contributed by atoms with Crippen molar-refractivity contribution in [1.29, 1.82) is 0 Å². The van der Waals surface area contributed by atoms with Crippen LogP contribution in [-0.4, -0.2) is 46.0 Å². The number of ether oxygens (including phenoxy) is 1. The number of aromatic nitrogens is 2. The number of likely N-dealkylation sites (tertiary alicyclic amines) is 1. The van der Waals surface area contributed by atoms with Crippen LogP contribution in [-0.2, 0) is 27.3 Å². The van der Waals surface area contributed by atoms with Crippen LogP contribution in [0.25, 0.3) is 11.0 Å². The minimum Gasteiger partial charge on any atom is -0.466 e. The highest BCUT2D eigenvalue weighted by molar-refractivity contribution is 5.79. The predicted octanol–water partition coefficient (Wildman–Crippen LogP) is 3.96. The van der Waals surface area contributed by atoms with Crippen LogP contribution >= 0.6 is 0 Å². The summed E-state index contributed by atoms with van der Waals surface area (Å²) in [5.41, 5.74) is 2.81. The standard InChI is InChI=1S/C25H28FN3O3/c1-2-32-25(31)19-6-5-14-28(17-19)24(30)13-15-29-22-8-4-3-7-21(22)27-23(29)16-18-9-11-20(26)12-10-18/h3-4,7-12,19H,2,5-6,13-17H2,1H3/t19-/m1/s1. The van der Waals surface area contributed by atoms with Crippen molar-refractivity contribution in [2.24, 2.45) is 5.92 Å². The molecular weight excluding hydrogens is 409 g/mol. The molecule has 3 aromatic rings. The molecule has 168 valence electrons. The first-order valence-corrected chi connectivity index (χ1v) is 11.2. The number of halogens is 1. The average molecular weight is 438 g/mol. The summed E-state index contributed by atoms with van der Waals surface area (Å²) in [5.74, 6) is 0.150. The molecule has 1 fully saturated rings. The average Bonchev–Trinajstić information content (AvgIpc) is 3.16. The highest BCUT2D eigenvalue weighted by Crippen LogP contribution is 2.22. The third kappa shape index (κ3) is 4.98. The SMILES string of the molecule is CCOC(=O)[C@@H]1CCCN(C(=O)CCn2c(Cc3ccc(F)cc3)nc3ccccc32)C1. The molecule has 1 saturated heterocycles. The van der Waals surface area contributed by atoms with Gasteiger partial charge in [-0.15, -0.1) is 0 Å². The second kappa shape index (κ2) is 9.94. The molecule has 1 aliphatic heterocycles. The highest BCUT2D eigenvalue weighted by Gasteiger charge is 2.29. The molecule has 0 unspecified atom stereocenters. The molecule has 0 aliphatic carbocycles. The van der Waals surface area contributed by atoms with E-state index in [1.165, 1.54) is 12.1 Å². The number of imidazole rings is 1. The maximum Gasteiger partial charge on any atom is 0.310 e. The van der Waals surface area contributed by atoms with Crippen molar-refractivity contribution in [2.45, 2.75) is 39.2 Å². The van der Waals surface area contributed by atoms with Crippen LogP contribution < -0.4 is 0 Å². The molecule has 1 aliphatic rings. The molecule has 32 heavy (non-hydrogen) atoms. The fraction of sp³-hybridized carbons (Fsp3) is 0.400. The smallest absolute Gasteiger partial charge is 0.310 e. The second-order valence-corrected chi connectivity index (χ2v) is 8.15. The summed E-state index contributed by atoms with van der Waals surface area (Å²) in [6.07, 6.45) is 2.44. The number of benzene rings is 2. The van der Waals surface area contributed by atoms with E-state index in [1.807, 2.05) is 24.3 Å². The molecule has 0 N–H and O–H groups in total. The van der Waals surface area contributed by atoms with E-state index in [-0.39, 0.29) is 23.6 Å². The molecule has 1 atom stereocenters. The van der Waals surface area contributed by atoms with Crippen molar-refractivity contribution < 1.29 is 18.7 Å². The van der Waals surface area contributed by atoms with E-state index in [0.29, 0.717) is 39.1 Å². The highest BCUT2D eigenvalue weighted by atomic mass is 19.1. The lowest BCUT2D eigenvalue weighted by Gasteiger charge is -2.31. The molecule has 1 aromatic heterocycles. The Kier molecular flexibility index (Phi) is 6.83. The monoisotopic (exact) mass is 437 g/mol. The normalized spacial score (nSPS) is 16.3. The summed E-state index contributed by atoms with van der Waals surface area (Å²) < 4.78 is 20.5. The van der Waals surface area contributed by atoms with Crippen molar-refractivity contribution in [2.75, 3.05) is 19.7 Å². The van der Waals surface area contributed by atoms with E-state index in [4.69, 9.17) is 9.72 Å². The Morgan fingerprint density at radius 1 is 1.16 bits per heavy atom. The Bertz CT molecular complexity index is 1090. The zero-order chi connectivity index (χ0) is 22.5. The first kappa shape index (κ1) is 22.0. The van der Waals surface area contributed by atoms with Gasteiger partial charge in [-0.25, -0.2) is 9.37 Å². The number of esters is 1. The molecule has 0 bridgehead atoms. The Labute approximate surface area is 187 Å². The first-order valence-electron chi connectivity index (χ1n) is 11.2. The van der Waals surface area contributed by atoms with Crippen LogP contribution in [0.5, 0.6) is 0 Å². The van der Waals surface area contributed by atoms with E-state index >= 15 is 0 Å². The summed E-state index contributed by atoms with van der Waals surface area (Å²) in [5, 5.41) is 0. The Morgan fingerprint density at radius 2 is 1.94 bits per heavy atom. The van der Waals surface area contributed by atoms with Gasteiger partial charge >= 0.3 is 5.97 Å². The van der Waals surface area contributed by atoms with Gasteiger partial charge in [0.15, 0.2) is 0 Å². The second-order valence-electron chi connectivity index (χ2n) is 8.15. The van der Waals surface area contributed by atoms with Crippen LogP contribution in [0.2, 0.25) is 0 Å². The molecule has 4 rings (SSSR count). The van der Waals surface area contributed by atoms with Crippen molar-refractivity contribution in [3.8, 4) is 0 Å². The first-order chi connectivity index (χ1) is 15.5. The summed E-state index contributed by atoms with van der Waals surface area (Å²) in [6, 6.07) is 14.3. The molecule has 2 aromatic carbocycles. The third-order valence-electron chi connectivity index (χ3n) is 5.95. The molecule has 6 nitrogen and oxygen atoms in total. The number of fused-ring (bicyclic) bond motifs is 1. The Morgan fingerprint density at radius 3 is 2.72 bits per heavy atom. The zero-order valence-electron chi connectivity index (χ0n) is 18.3. The molecule has 0 saturated carbocycles. The van der Waals surface area contributed by atoms with Gasteiger partial charge in [0, 0.05) is 32.5 Å². The number of carbonyl (C=O) groups excluding carboxylic acids is 2. The van der Waals surface area contributed by atoms with Gasteiger partial charge in [0.05, 0.1) is 23.6 Å². The lowest BCUT2D eigenvalue weighted by Crippen LogP contribution is -2.43. The minimum absolute atomic E-state index is 0.0320. The summed E-state index contributed by atoms with van der Waals surface area (Å²) in [4.78, 5) is 31.6. The van der Waals surface area contributed by atoms with E-state index in [1.54, 1.807) is 24.0 Å².